The van der Waals surface area contributed by atoms with Gasteiger partial charge in [0.25, 0.3) is 0 Å². The molecule has 1 rings (SSSR count). The second kappa shape index (κ2) is 5.69. The third-order valence-corrected chi connectivity index (χ3v) is 2.58. The van der Waals surface area contributed by atoms with Gasteiger partial charge in [-0.15, -0.1) is 0 Å². The van der Waals surface area contributed by atoms with E-state index in [9.17, 15) is 0 Å². The Morgan fingerprint density at radius 3 is 2.81 bits per heavy atom. The number of hydrogen-bond acceptors (Lipinski definition) is 4. The van der Waals surface area contributed by atoms with Gasteiger partial charge < -0.3 is 10.2 Å². The van der Waals surface area contributed by atoms with E-state index in [-0.39, 0.29) is 0 Å². The van der Waals surface area contributed by atoms with Crippen LogP contribution in [0, 0.1) is 11.3 Å². The number of anilines is 1. The van der Waals surface area contributed by atoms with Crippen molar-refractivity contribution in [3.05, 3.63) is 22.8 Å². The first-order chi connectivity index (χ1) is 7.52. The number of nitriles is 1. The molecule has 0 amide bonds. The molecule has 0 saturated carbocycles. The molecule has 86 valence electrons. The van der Waals surface area contributed by atoms with Crippen LogP contribution in [-0.2, 0) is 0 Å². The second-order valence-corrected chi connectivity index (χ2v) is 4.26. The highest BCUT2D eigenvalue weighted by atomic mass is 35.5. The van der Waals surface area contributed by atoms with E-state index in [1.807, 2.05) is 20.2 Å². The zero-order chi connectivity index (χ0) is 12.1. The topological polar surface area (TPSA) is 52.0 Å². The first-order valence-corrected chi connectivity index (χ1v) is 5.38. The molecule has 16 heavy (non-hydrogen) atoms. The van der Waals surface area contributed by atoms with Crippen molar-refractivity contribution in [2.75, 3.05) is 26.0 Å². The summed E-state index contributed by atoms with van der Waals surface area (Å²) < 4.78 is 0. The predicted octanol–water partition coefficient (Wildman–Crippen LogP) is 1.97. The van der Waals surface area contributed by atoms with Gasteiger partial charge in [0.2, 0.25) is 0 Å². The molecule has 1 aromatic rings. The van der Waals surface area contributed by atoms with Crippen LogP contribution in [0.2, 0.25) is 5.15 Å². The quantitative estimate of drug-likeness (QED) is 0.815. The summed E-state index contributed by atoms with van der Waals surface area (Å²) in [6.45, 7) is 2.86. The third kappa shape index (κ3) is 3.69. The van der Waals surface area contributed by atoms with Crippen LogP contribution in [0.1, 0.15) is 12.5 Å². The van der Waals surface area contributed by atoms with Crippen molar-refractivity contribution in [3.8, 4) is 6.07 Å². The van der Waals surface area contributed by atoms with Gasteiger partial charge in [0.1, 0.15) is 11.0 Å². The summed E-state index contributed by atoms with van der Waals surface area (Å²) in [5.41, 5.74) is 0.514. The molecule has 0 aliphatic heterocycles. The van der Waals surface area contributed by atoms with Crippen molar-refractivity contribution in [3.63, 3.8) is 0 Å². The standard InChI is InChI=1S/C11H15ClN4/c1-8(16(2)3)7-14-11-5-9(6-13)4-10(12)15-11/h4-5,8H,7H2,1-3H3,(H,14,15). The summed E-state index contributed by atoms with van der Waals surface area (Å²) in [4.78, 5) is 6.20. The maximum Gasteiger partial charge on any atom is 0.132 e. The van der Waals surface area contributed by atoms with Gasteiger partial charge in [-0.25, -0.2) is 4.98 Å². The van der Waals surface area contributed by atoms with Crippen molar-refractivity contribution in [2.24, 2.45) is 0 Å². The van der Waals surface area contributed by atoms with E-state index >= 15 is 0 Å². The fourth-order valence-corrected chi connectivity index (χ4v) is 1.30. The van der Waals surface area contributed by atoms with E-state index in [1.165, 1.54) is 0 Å². The maximum absolute atomic E-state index is 8.78. The Bertz CT molecular complexity index is 397. The number of nitrogens with one attached hydrogen (secondary N) is 1. The van der Waals surface area contributed by atoms with Crippen molar-refractivity contribution < 1.29 is 0 Å². The van der Waals surface area contributed by atoms with Crippen LogP contribution in [0.15, 0.2) is 12.1 Å². The lowest BCUT2D eigenvalue weighted by molar-refractivity contribution is 0.326. The van der Waals surface area contributed by atoms with Crippen molar-refractivity contribution in [2.45, 2.75) is 13.0 Å². The number of halogens is 1. The Morgan fingerprint density at radius 1 is 1.56 bits per heavy atom. The number of nitrogens with zero attached hydrogens (tertiary/aromatic N) is 3. The Morgan fingerprint density at radius 2 is 2.25 bits per heavy atom. The van der Waals surface area contributed by atoms with E-state index < -0.39 is 0 Å². The fourth-order valence-electron chi connectivity index (χ4n) is 1.09. The number of likely N-dealkylation sites (N-methyl/N-ethyl adjacent to an activating group) is 1. The van der Waals surface area contributed by atoms with Gasteiger partial charge in [-0.1, -0.05) is 11.6 Å². The minimum Gasteiger partial charge on any atom is -0.368 e. The van der Waals surface area contributed by atoms with E-state index in [1.54, 1.807) is 12.1 Å². The lowest BCUT2D eigenvalue weighted by Gasteiger charge is -2.20. The average molecular weight is 239 g/mol. The Labute approximate surface area is 101 Å². The Balaban J connectivity index is 2.68. The monoisotopic (exact) mass is 238 g/mol. The third-order valence-electron chi connectivity index (χ3n) is 2.38. The summed E-state index contributed by atoms with van der Waals surface area (Å²) in [6, 6.07) is 5.66. The highest BCUT2D eigenvalue weighted by Crippen LogP contribution is 2.13. The molecule has 0 aliphatic rings. The van der Waals surface area contributed by atoms with Gasteiger partial charge in [0.15, 0.2) is 0 Å². The van der Waals surface area contributed by atoms with Gasteiger partial charge in [0, 0.05) is 12.6 Å². The van der Waals surface area contributed by atoms with E-state index in [0.717, 1.165) is 6.54 Å². The van der Waals surface area contributed by atoms with Crippen LogP contribution in [0.25, 0.3) is 0 Å². The summed E-state index contributed by atoms with van der Waals surface area (Å²) in [5, 5.41) is 12.3. The maximum atomic E-state index is 8.78. The molecule has 1 N–H and O–H groups in total. The highest BCUT2D eigenvalue weighted by Gasteiger charge is 2.05. The predicted molar refractivity (Wildman–Crippen MR) is 65.6 cm³/mol. The van der Waals surface area contributed by atoms with E-state index in [0.29, 0.717) is 22.6 Å². The van der Waals surface area contributed by atoms with Crippen LogP contribution in [-0.4, -0.2) is 36.6 Å². The molecule has 0 bridgehead atoms. The SMILES string of the molecule is CC(CNc1cc(C#N)cc(Cl)n1)N(C)C. The smallest absolute Gasteiger partial charge is 0.132 e. The molecular weight excluding hydrogens is 224 g/mol. The summed E-state index contributed by atoms with van der Waals surface area (Å²) >= 11 is 5.79. The Kier molecular flexibility index (Phi) is 4.53. The van der Waals surface area contributed by atoms with E-state index in [4.69, 9.17) is 16.9 Å². The zero-order valence-corrected chi connectivity index (χ0v) is 10.4. The van der Waals surface area contributed by atoms with Gasteiger partial charge in [-0.3, -0.25) is 0 Å². The summed E-state index contributed by atoms with van der Waals surface area (Å²) in [7, 11) is 4.02. The summed E-state index contributed by atoms with van der Waals surface area (Å²) in [5.74, 6) is 0.637. The molecule has 4 nitrogen and oxygen atoms in total. The molecule has 0 radical (unpaired) electrons. The number of aromatic nitrogens is 1. The second-order valence-electron chi connectivity index (χ2n) is 3.87. The molecule has 0 aromatic carbocycles. The number of hydrogen-bond donors (Lipinski definition) is 1. The number of pyridine rings is 1. The van der Waals surface area contributed by atoms with Crippen LogP contribution in [0.3, 0.4) is 0 Å². The fraction of sp³-hybridized carbons (Fsp3) is 0.455. The van der Waals surface area contributed by atoms with Crippen LogP contribution >= 0.6 is 11.6 Å². The molecule has 0 spiro atoms. The van der Waals surface area contributed by atoms with Gasteiger partial charge >= 0.3 is 0 Å². The van der Waals surface area contributed by atoms with Crippen LogP contribution < -0.4 is 5.32 Å². The van der Waals surface area contributed by atoms with Crippen LogP contribution in [0.4, 0.5) is 5.82 Å². The highest BCUT2D eigenvalue weighted by molar-refractivity contribution is 6.29. The first kappa shape index (κ1) is 12.8. The lowest BCUT2D eigenvalue weighted by Crippen LogP contribution is -2.31. The largest absolute Gasteiger partial charge is 0.368 e. The molecule has 0 fully saturated rings. The van der Waals surface area contributed by atoms with Gasteiger partial charge in [-0.05, 0) is 33.2 Å². The van der Waals surface area contributed by atoms with Gasteiger partial charge in [0.05, 0.1) is 11.6 Å². The minimum atomic E-state index is 0.332. The molecular formula is C11H15ClN4. The van der Waals surface area contributed by atoms with Crippen molar-refractivity contribution in [1.82, 2.24) is 9.88 Å². The molecule has 5 heteroatoms. The number of rotatable bonds is 4. The zero-order valence-electron chi connectivity index (χ0n) is 9.66. The lowest BCUT2D eigenvalue weighted by atomic mass is 10.2. The molecule has 1 atom stereocenters. The minimum absolute atomic E-state index is 0.332. The Hall–Kier alpha value is -1.31. The van der Waals surface area contributed by atoms with Crippen molar-refractivity contribution >= 4 is 17.4 Å². The average Bonchev–Trinajstić information content (AvgIpc) is 2.24. The van der Waals surface area contributed by atoms with Gasteiger partial charge in [-0.2, -0.15) is 5.26 Å². The van der Waals surface area contributed by atoms with Crippen molar-refractivity contribution in [1.29, 1.82) is 5.26 Å². The molecule has 0 saturated heterocycles. The molecule has 1 unspecified atom stereocenters. The first-order valence-electron chi connectivity index (χ1n) is 5.01. The molecule has 0 aliphatic carbocycles. The van der Waals surface area contributed by atoms with E-state index in [2.05, 4.69) is 22.1 Å². The summed E-state index contributed by atoms with van der Waals surface area (Å²) in [6.07, 6.45) is 0. The molecule has 1 heterocycles. The van der Waals surface area contributed by atoms with Crippen LogP contribution in [0.5, 0.6) is 0 Å². The molecule has 1 aromatic heterocycles. The normalized spacial score (nSPS) is 12.2.